The van der Waals surface area contributed by atoms with Gasteiger partial charge in [0.1, 0.15) is 17.4 Å². The van der Waals surface area contributed by atoms with E-state index in [-0.39, 0.29) is 35.3 Å². The molecule has 1 unspecified atom stereocenters. The number of piperidine rings is 1. The maximum atomic E-state index is 13.4. The number of aromatic hydroxyl groups is 1. The van der Waals surface area contributed by atoms with Gasteiger partial charge in [-0.2, -0.15) is 0 Å². The zero-order valence-electron chi connectivity index (χ0n) is 29.9. The monoisotopic (exact) mass is 740 g/mol. The number of thiophene rings is 1. The molecular formula is C40H48N6O6S. The number of phenolic OH excluding ortho intramolecular Hbond substituents is 1. The van der Waals surface area contributed by atoms with Gasteiger partial charge in [-0.15, -0.1) is 16.4 Å². The van der Waals surface area contributed by atoms with Crippen molar-refractivity contribution in [3.05, 3.63) is 86.3 Å². The summed E-state index contributed by atoms with van der Waals surface area (Å²) in [6.07, 6.45) is 7.83. The Bertz CT molecular complexity index is 2110. The molecule has 0 amide bonds. The second-order valence-electron chi connectivity index (χ2n) is 15.4. The normalized spacial score (nSPS) is 19.8. The third kappa shape index (κ3) is 7.25. The summed E-state index contributed by atoms with van der Waals surface area (Å²) in [4.78, 5) is 31.0. The van der Waals surface area contributed by atoms with Gasteiger partial charge in [0.15, 0.2) is 5.60 Å². The van der Waals surface area contributed by atoms with Crippen molar-refractivity contribution in [3.8, 4) is 5.75 Å². The van der Waals surface area contributed by atoms with Crippen LogP contribution in [0.3, 0.4) is 0 Å². The standard InChI is InChI=1S/C40H48N6O6S/c47-33-12-9-29(30-10-13-36(49)42-37(30)33)34(48)25-41-24-26-8-11-32-31(21-26)43-44-46(32)17-4-16-45-18-14-39(15-19-45)22-28(23-39)52-38(50)40(51,27-5-1-2-6-27)35-7-3-20-53-35/h3,7-13,20-21,27-28,34,41,47-48,51H,1-2,4-6,14-19,22-25H2,(H,42,49)/t34-,40?/m0/s1. The Morgan fingerprint density at radius 3 is 2.68 bits per heavy atom. The van der Waals surface area contributed by atoms with E-state index in [0.29, 0.717) is 27.9 Å². The first-order valence-electron chi connectivity index (χ1n) is 19.0. The number of aromatic amines is 1. The average Bonchev–Trinajstić information content (AvgIpc) is 3.96. The molecule has 0 bridgehead atoms. The molecule has 280 valence electrons. The van der Waals surface area contributed by atoms with Gasteiger partial charge in [0, 0.05) is 41.9 Å². The lowest BCUT2D eigenvalue weighted by Gasteiger charge is -2.52. The van der Waals surface area contributed by atoms with Crippen LogP contribution in [0.1, 0.15) is 79.9 Å². The van der Waals surface area contributed by atoms with Crippen molar-refractivity contribution in [1.29, 1.82) is 0 Å². The van der Waals surface area contributed by atoms with Crippen molar-refractivity contribution in [2.45, 2.75) is 88.7 Å². The largest absolute Gasteiger partial charge is 0.506 e. The second kappa shape index (κ2) is 14.9. The number of likely N-dealkylation sites (tertiary alicyclic amines) is 1. The number of esters is 1. The number of aromatic nitrogens is 4. The molecule has 1 saturated heterocycles. The summed E-state index contributed by atoms with van der Waals surface area (Å²) in [5.41, 5.74) is 2.19. The molecule has 5 N–H and O–H groups in total. The number of nitrogens with one attached hydrogen (secondary N) is 2. The van der Waals surface area contributed by atoms with Crippen LogP contribution < -0.4 is 10.9 Å². The van der Waals surface area contributed by atoms with Gasteiger partial charge in [-0.1, -0.05) is 36.3 Å². The van der Waals surface area contributed by atoms with Crippen LogP contribution in [-0.2, 0) is 28.2 Å². The average molecular weight is 741 g/mol. The zero-order valence-corrected chi connectivity index (χ0v) is 30.7. The number of carbonyl (C=O) groups excluding carboxylic acids is 1. The Balaban J connectivity index is 0.771. The molecule has 2 aromatic carbocycles. The van der Waals surface area contributed by atoms with Gasteiger partial charge < -0.3 is 35.3 Å². The van der Waals surface area contributed by atoms with E-state index in [4.69, 9.17) is 4.74 Å². The molecule has 2 saturated carbocycles. The SMILES string of the molecule is O=C(OC1CC2(CCN(CCCn3nnc4cc(CNC[C@H](O)c5ccc(O)c6[nH]c(=O)ccc56)ccc43)CC2)C1)C(O)(c1cccs1)C1CCCC1. The van der Waals surface area contributed by atoms with Gasteiger partial charge in [0.2, 0.25) is 5.56 Å². The lowest BCUT2D eigenvalue weighted by molar-refractivity contribution is -0.192. The first kappa shape index (κ1) is 35.9. The van der Waals surface area contributed by atoms with E-state index in [1.54, 1.807) is 12.1 Å². The highest BCUT2D eigenvalue weighted by molar-refractivity contribution is 7.10. The van der Waals surface area contributed by atoms with Crippen LogP contribution in [0.4, 0.5) is 0 Å². The van der Waals surface area contributed by atoms with Crippen LogP contribution in [0.25, 0.3) is 21.9 Å². The van der Waals surface area contributed by atoms with Crippen LogP contribution in [0.5, 0.6) is 5.75 Å². The molecule has 8 rings (SSSR count). The second-order valence-corrected chi connectivity index (χ2v) is 16.4. The summed E-state index contributed by atoms with van der Waals surface area (Å²) >= 11 is 1.44. The van der Waals surface area contributed by atoms with Gasteiger partial charge in [-0.05, 0) is 117 Å². The predicted octanol–water partition coefficient (Wildman–Crippen LogP) is 5.12. The van der Waals surface area contributed by atoms with Gasteiger partial charge in [0.05, 0.1) is 17.1 Å². The van der Waals surface area contributed by atoms with E-state index in [1.807, 2.05) is 40.4 Å². The Morgan fingerprint density at radius 2 is 1.91 bits per heavy atom. The molecule has 2 aliphatic carbocycles. The third-order valence-electron chi connectivity index (χ3n) is 12.0. The number of benzene rings is 2. The lowest BCUT2D eigenvalue weighted by Crippen LogP contribution is -2.52. The summed E-state index contributed by atoms with van der Waals surface area (Å²) in [7, 11) is 0. The highest BCUT2D eigenvalue weighted by atomic mass is 32.1. The number of hydrogen-bond acceptors (Lipinski definition) is 11. The number of aliphatic hydroxyl groups is 2. The summed E-state index contributed by atoms with van der Waals surface area (Å²) in [5.74, 6) is -0.549. The highest BCUT2D eigenvalue weighted by Gasteiger charge is 2.53. The Labute approximate surface area is 311 Å². The topological polar surface area (TPSA) is 166 Å². The van der Waals surface area contributed by atoms with Gasteiger partial charge in [-0.25, -0.2) is 9.48 Å². The van der Waals surface area contributed by atoms with E-state index < -0.39 is 17.7 Å². The van der Waals surface area contributed by atoms with E-state index in [1.165, 1.54) is 23.5 Å². The zero-order chi connectivity index (χ0) is 36.6. The van der Waals surface area contributed by atoms with E-state index >= 15 is 0 Å². The number of ether oxygens (including phenoxy) is 1. The molecule has 5 aromatic rings. The molecule has 1 aliphatic heterocycles. The van der Waals surface area contributed by atoms with Gasteiger partial charge >= 0.3 is 5.97 Å². The molecule has 0 radical (unpaired) electrons. The molecule has 53 heavy (non-hydrogen) atoms. The number of pyridine rings is 1. The number of rotatable bonds is 13. The molecular weight excluding hydrogens is 693 g/mol. The maximum absolute atomic E-state index is 13.4. The van der Waals surface area contributed by atoms with Crippen molar-refractivity contribution in [2.24, 2.45) is 11.3 Å². The number of hydrogen-bond donors (Lipinski definition) is 5. The van der Waals surface area contributed by atoms with Crippen molar-refractivity contribution in [1.82, 2.24) is 30.2 Å². The fourth-order valence-electron chi connectivity index (χ4n) is 8.95. The lowest BCUT2D eigenvalue weighted by atomic mass is 9.61. The predicted molar refractivity (Wildman–Crippen MR) is 202 cm³/mol. The third-order valence-corrected chi connectivity index (χ3v) is 13.0. The van der Waals surface area contributed by atoms with Gasteiger partial charge in [0.25, 0.3) is 0 Å². The van der Waals surface area contributed by atoms with Crippen LogP contribution in [-0.4, -0.2) is 78.4 Å². The van der Waals surface area contributed by atoms with Gasteiger partial charge in [-0.3, -0.25) is 4.79 Å². The number of nitrogens with zero attached hydrogens (tertiary/aromatic N) is 4. The maximum Gasteiger partial charge on any atom is 0.344 e. The minimum Gasteiger partial charge on any atom is -0.506 e. The number of fused-ring (bicyclic) bond motifs is 2. The smallest absolute Gasteiger partial charge is 0.344 e. The number of aliphatic hydroxyl groups excluding tert-OH is 1. The number of phenols is 1. The van der Waals surface area contributed by atoms with Crippen LogP contribution in [0.2, 0.25) is 0 Å². The first-order chi connectivity index (χ1) is 25.7. The van der Waals surface area contributed by atoms with E-state index in [9.17, 15) is 24.9 Å². The Morgan fingerprint density at radius 1 is 1.09 bits per heavy atom. The van der Waals surface area contributed by atoms with Crippen LogP contribution >= 0.6 is 11.3 Å². The van der Waals surface area contributed by atoms with E-state index in [0.717, 1.165) is 101 Å². The minimum atomic E-state index is -1.52. The van der Waals surface area contributed by atoms with Crippen molar-refractivity contribution < 1.29 is 24.9 Å². The molecule has 2 atom stereocenters. The molecule has 3 aromatic heterocycles. The van der Waals surface area contributed by atoms with E-state index in [2.05, 4.69) is 25.5 Å². The number of H-pyrrole nitrogens is 1. The summed E-state index contributed by atoms with van der Waals surface area (Å²) in [6, 6.07) is 16.0. The molecule has 4 heterocycles. The minimum absolute atomic E-state index is 0.0349. The number of aryl methyl sites for hydroxylation is 1. The fraction of sp³-hybridized carbons (Fsp3) is 0.500. The molecule has 12 nitrogen and oxygen atoms in total. The first-order valence-corrected chi connectivity index (χ1v) is 19.8. The molecule has 3 fully saturated rings. The van der Waals surface area contributed by atoms with Crippen molar-refractivity contribution in [2.75, 3.05) is 26.2 Å². The summed E-state index contributed by atoms with van der Waals surface area (Å²) in [5, 5.41) is 47.4. The summed E-state index contributed by atoms with van der Waals surface area (Å²) < 4.78 is 7.98. The number of carbonyl (C=O) groups is 1. The summed E-state index contributed by atoms with van der Waals surface area (Å²) in [6.45, 7) is 4.66. The van der Waals surface area contributed by atoms with Crippen LogP contribution in [0.15, 0.2) is 64.8 Å². The van der Waals surface area contributed by atoms with Crippen LogP contribution in [0, 0.1) is 11.3 Å². The fourth-order valence-corrected chi connectivity index (χ4v) is 9.84. The quantitative estimate of drug-likeness (QED) is 0.102. The van der Waals surface area contributed by atoms with Crippen molar-refractivity contribution in [3.63, 3.8) is 0 Å². The Hall–Kier alpha value is -4.14. The van der Waals surface area contributed by atoms with Crippen molar-refractivity contribution >= 4 is 39.2 Å². The Kier molecular flexibility index (Phi) is 10.1. The molecule has 13 heteroatoms. The highest BCUT2D eigenvalue weighted by Crippen LogP contribution is 2.51. The molecule has 1 spiro atoms. The molecule has 3 aliphatic rings.